The summed E-state index contributed by atoms with van der Waals surface area (Å²) < 4.78 is 36.6. The van der Waals surface area contributed by atoms with Crippen LogP contribution < -0.4 is 0 Å². The lowest BCUT2D eigenvalue weighted by atomic mass is 10.0. The van der Waals surface area contributed by atoms with E-state index in [9.17, 15) is 17.6 Å². The van der Waals surface area contributed by atoms with E-state index < -0.39 is 25.7 Å². The van der Waals surface area contributed by atoms with E-state index in [0.29, 0.717) is 6.54 Å². The third kappa shape index (κ3) is 3.24. The molecule has 0 radical (unpaired) electrons. The SMILES string of the molecule is CC1(C)CCCN1C(=O)c1cc(F)cc(S(=O)(=O)Cl)c1Br. The van der Waals surface area contributed by atoms with Crippen molar-refractivity contribution in [2.24, 2.45) is 0 Å². The van der Waals surface area contributed by atoms with Gasteiger partial charge in [0.05, 0.1) is 10.0 Å². The molecule has 1 saturated heterocycles. The van der Waals surface area contributed by atoms with Gasteiger partial charge in [-0.2, -0.15) is 0 Å². The molecule has 1 amide bonds. The van der Waals surface area contributed by atoms with Gasteiger partial charge in [0.15, 0.2) is 0 Å². The average molecular weight is 399 g/mol. The van der Waals surface area contributed by atoms with Crippen LogP contribution in [-0.2, 0) is 9.05 Å². The fourth-order valence-corrected chi connectivity index (χ4v) is 4.79. The summed E-state index contributed by atoms with van der Waals surface area (Å²) >= 11 is 3.06. The van der Waals surface area contributed by atoms with Gasteiger partial charge in [0.25, 0.3) is 15.0 Å². The van der Waals surface area contributed by atoms with Crippen LogP contribution in [-0.4, -0.2) is 31.3 Å². The van der Waals surface area contributed by atoms with Crippen LogP contribution in [0.25, 0.3) is 0 Å². The molecule has 1 aliphatic rings. The highest BCUT2D eigenvalue weighted by Gasteiger charge is 2.37. The number of rotatable bonds is 2. The van der Waals surface area contributed by atoms with Crippen LogP contribution in [0.15, 0.2) is 21.5 Å². The van der Waals surface area contributed by atoms with Gasteiger partial charge in [-0.05, 0) is 54.8 Å². The van der Waals surface area contributed by atoms with Crippen molar-refractivity contribution in [1.82, 2.24) is 4.90 Å². The topological polar surface area (TPSA) is 54.5 Å². The molecule has 4 nitrogen and oxygen atoms in total. The highest BCUT2D eigenvalue weighted by atomic mass is 79.9. The third-order valence-electron chi connectivity index (χ3n) is 3.64. The fourth-order valence-electron chi connectivity index (χ4n) is 2.53. The van der Waals surface area contributed by atoms with Gasteiger partial charge in [0, 0.05) is 22.8 Å². The maximum absolute atomic E-state index is 13.7. The van der Waals surface area contributed by atoms with E-state index in [0.717, 1.165) is 25.0 Å². The molecular formula is C13H14BrClFNO3S. The van der Waals surface area contributed by atoms with Crippen molar-refractivity contribution in [2.75, 3.05) is 6.54 Å². The Kier molecular flexibility index (Phi) is 4.39. The Bertz CT molecular complexity index is 706. The van der Waals surface area contributed by atoms with E-state index in [1.54, 1.807) is 4.90 Å². The van der Waals surface area contributed by atoms with E-state index in [1.165, 1.54) is 0 Å². The zero-order valence-corrected chi connectivity index (χ0v) is 14.6. The Balaban J connectivity index is 2.55. The second kappa shape index (κ2) is 5.52. The monoisotopic (exact) mass is 397 g/mol. The van der Waals surface area contributed by atoms with Crippen LogP contribution in [0, 0.1) is 5.82 Å². The minimum Gasteiger partial charge on any atom is -0.333 e. The molecule has 8 heteroatoms. The van der Waals surface area contributed by atoms with Crippen molar-refractivity contribution in [3.05, 3.63) is 28.0 Å². The minimum atomic E-state index is -4.15. The van der Waals surface area contributed by atoms with Crippen LogP contribution in [0.2, 0.25) is 0 Å². The Labute approximate surface area is 135 Å². The highest BCUT2D eigenvalue weighted by molar-refractivity contribution is 9.10. The second-order valence-electron chi connectivity index (χ2n) is 5.58. The van der Waals surface area contributed by atoms with Gasteiger partial charge in [-0.25, -0.2) is 12.8 Å². The van der Waals surface area contributed by atoms with E-state index in [2.05, 4.69) is 15.9 Å². The molecule has 0 N–H and O–H groups in total. The lowest BCUT2D eigenvalue weighted by Crippen LogP contribution is -2.42. The number of amides is 1. The summed E-state index contributed by atoms with van der Waals surface area (Å²) in [6.07, 6.45) is 1.69. The van der Waals surface area contributed by atoms with Crippen LogP contribution in [0.3, 0.4) is 0 Å². The van der Waals surface area contributed by atoms with Crippen LogP contribution >= 0.6 is 26.6 Å². The zero-order chi connectivity index (χ0) is 16.0. The van der Waals surface area contributed by atoms with E-state index in [4.69, 9.17) is 10.7 Å². The largest absolute Gasteiger partial charge is 0.333 e. The Morgan fingerprint density at radius 2 is 2.05 bits per heavy atom. The van der Waals surface area contributed by atoms with Crippen LogP contribution in [0.1, 0.15) is 37.0 Å². The van der Waals surface area contributed by atoms with E-state index in [-0.39, 0.29) is 15.6 Å². The van der Waals surface area contributed by atoms with Crippen LogP contribution in [0.5, 0.6) is 0 Å². The third-order valence-corrected chi connectivity index (χ3v) is 6.11. The van der Waals surface area contributed by atoms with E-state index in [1.807, 2.05) is 13.8 Å². The lowest BCUT2D eigenvalue weighted by Gasteiger charge is -2.32. The molecule has 2 rings (SSSR count). The van der Waals surface area contributed by atoms with Crippen molar-refractivity contribution in [1.29, 1.82) is 0 Å². The first-order chi connectivity index (χ1) is 9.54. The molecule has 1 aromatic rings. The van der Waals surface area contributed by atoms with Gasteiger partial charge in [-0.1, -0.05) is 0 Å². The smallest absolute Gasteiger partial charge is 0.262 e. The first-order valence-electron chi connectivity index (χ1n) is 6.30. The normalized spacial score (nSPS) is 18.0. The summed E-state index contributed by atoms with van der Waals surface area (Å²) in [6, 6.07) is 1.81. The summed E-state index contributed by atoms with van der Waals surface area (Å²) in [5.41, 5.74) is -0.382. The van der Waals surface area contributed by atoms with Crippen molar-refractivity contribution in [3.63, 3.8) is 0 Å². The number of hydrogen-bond donors (Lipinski definition) is 0. The summed E-state index contributed by atoms with van der Waals surface area (Å²) in [4.78, 5) is 13.8. The Morgan fingerprint density at radius 1 is 1.43 bits per heavy atom. The highest BCUT2D eigenvalue weighted by Crippen LogP contribution is 2.34. The number of halogens is 3. The van der Waals surface area contributed by atoms with Gasteiger partial charge in [0.2, 0.25) is 0 Å². The van der Waals surface area contributed by atoms with Gasteiger partial charge in [-0.15, -0.1) is 0 Å². The number of carbonyl (C=O) groups is 1. The molecule has 21 heavy (non-hydrogen) atoms. The van der Waals surface area contributed by atoms with Gasteiger partial charge in [0.1, 0.15) is 10.7 Å². The molecule has 1 heterocycles. The maximum Gasteiger partial charge on any atom is 0.262 e. The molecule has 0 saturated carbocycles. The molecule has 1 aromatic carbocycles. The molecule has 0 unspecified atom stereocenters. The number of benzene rings is 1. The lowest BCUT2D eigenvalue weighted by molar-refractivity contribution is 0.0650. The molecule has 0 bridgehead atoms. The number of likely N-dealkylation sites (tertiary alicyclic amines) is 1. The standard InChI is InChI=1S/C13H14BrClFNO3S/c1-13(2)4-3-5-17(13)12(18)9-6-8(16)7-10(11(9)14)21(15,19)20/h6-7H,3-5H2,1-2H3. The maximum atomic E-state index is 13.7. The zero-order valence-electron chi connectivity index (χ0n) is 11.5. The van der Waals surface area contributed by atoms with Crippen molar-refractivity contribution >= 4 is 41.6 Å². The predicted molar refractivity (Wildman–Crippen MR) is 81.5 cm³/mol. The predicted octanol–water partition coefficient (Wildman–Crippen LogP) is 3.53. The molecule has 0 spiro atoms. The number of hydrogen-bond acceptors (Lipinski definition) is 3. The summed E-state index contributed by atoms with van der Waals surface area (Å²) in [7, 11) is 1.13. The average Bonchev–Trinajstić information content (AvgIpc) is 2.69. The van der Waals surface area contributed by atoms with Crippen molar-refractivity contribution < 1.29 is 17.6 Å². The quantitative estimate of drug-likeness (QED) is 0.716. The molecule has 0 atom stereocenters. The molecule has 0 aliphatic carbocycles. The fraction of sp³-hybridized carbons (Fsp3) is 0.462. The first kappa shape index (κ1) is 16.7. The summed E-state index contributed by atoms with van der Waals surface area (Å²) in [5.74, 6) is -1.23. The molecule has 0 aromatic heterocycles. The molecule has 1 fully saturated rings. The van der Waals surface area contributed by atoms with E-state index >= 15 is 0 Å². The second-order valence-corrected chi connectivity index (χ2v) is 8.90. The Morgan fingerprint density at radius 3 is 2.52 bits per heavy atom. The minimum absolute atomic E-state index is 0.00778. The summed E-state index contributed by atoms with van der Waals surface area (Å²) in [5, 5.41) is 0. The van der Waals surface area contributed by atoms with Crippen molar-refractivity contribution in [3.8, 4) is 0 Å². The van der Waals surface area contributed by atoms with Gasteiger partial charge < -0.3 is 4.90 Å². The molecule has 1 aliphatic heterocycles. The number of nitrogens with zero attached hydrogens (tertiary/aromatic N) is 1. The number of carbonyl (C=O) groups excluding carboxylic acids is 1. The first-order valence-corrected chi connectivity index (χ1v) is 9.40. The molecular weight excluding hydrogens is 385 g/mol. The van der Waals surface area contributed by atoms with Gasteiger partial charge >= 0.3 is 0 Å². The molecule has 116 valence electrons. The summed E-state index contributed by atoms with van der Waals surface area (Å²) in [6.45, 7) is 4.40. The van der Waals surface area contributed by atoms with Gasteiger partial charge in [-0.3, -0.25) is 4.79 Å². The Hall–Kier alpha value is -0.660. The van der Waals surface area contributed by atoms with Crippen molar-refractivity contribution in [2.45, 2.75) is 37.1 Å². The van der Waals surface area contributed by atoms with Crippen LogP contribution in [0.4, 0.5) is 4.39 Å².